The van der Waals surface area contributed by atoms with Crippen LogP contribution in [0.2, 0.25) is 0 Å². The summed E-state index contributed by atoms with van der Waals surface area (Å²) in [5.74, 6) is 0.686. The third-order valence-corrected chi connectivity index (χ3v) is 3.86. The molecule has 0 saturated carbocycles. The van der Waals surface area contributed by atoms with Crippen molar-refractivity contribution in [1.82, 2.24) is 14.9 Å². The van der Waals surface area contributed by atoms with Crippen LogP contribution in [-0.4, -0.2) is 46.3 Å². The van der Waals surface area contributed by atoms with Crippen LogP contribution < -0.4 is 10.3 Å². The van der Waals surface area contributed by atoms with E-state index >= 15 is 0 Å². The van der Waals surface area contributed by atoms with Gasteiger partial charge in [0.1, 0.15) is 30.1 Å². The molecule has 0 radical (unpaired) electrons. The Morgan fingerprint density at radius 2 is 1.96 bits per heavy atom. The lowest BCUT2D eigenvalue weighted by atomic mass is 10.2. The summed E-state index contributed by atoms with van der Waals surface area (Å²) in [5, 5.41) is 10.7. The van der Waals surface area contributed by atoms with Gasteiger partial charge in [0.25, 0.3) is 5.56 Å². The summed E-state index contributed by atoms with van der Waals surface area (Å²) < 4.78 is 18.3. The fourth-order valence-electron chi connectivity index (χ4n) is 2.67. The monoisotopic (exact) mass is 357 g/mol. The van der Waals surface area contributed by atoms with Gasteiger partial charge in [0, 0.05) is 6.54 Å². The number of aliphatic hydroxyl groups is 1. The van der Waals surface area contributed by atoms with E-state index in [0.29, 0.717) is 35.6 Å². The van der Waals surface area contributed by atoms with Crippen LogP contribution >= 0.6 is 0 Å². The van der Waals surface area contributed by atoms with Crippen LogP contribution in [0.4, 0.5) is 4.39 Å². The normalized spacial score (nSPS) is 12.5. The molecular formula is C19H20FN3O3. The Hall–Kier alpha value is -2.77. The summed E-state index contributed by atoms with van der Waals surface area (Å²) in [5.41, 5.74) is 0.457. The Labute approximate surface area is 149 Å². The van der Waals surface area contributed by atoms with E-state index in [1.807, 2.05) is 18.0 Å². The van der Waals surface area contributed by atoms with Crippen molar-refractivity contribution in [2.24, 2.45) is 0 Å². The summed E-state index contributed by atoms with van der Waals surface area (Å²) in [6.45, 7) is 0.795. The smallest absolute Gasteiger partial charge is 0.258 e. The number of hydrogen-bond donors (Lipinski definition) is 2. The Balaban J connectivity index is 1.55. The minimum atomic E-state index is -0.739. The van der Waals surface area contributed by atoms with E-state index in [1.165, 1.54) is 24.3 Å². The van der Waals surface area contributed by atoms with Gasteiger partial charge in [-0.05, 0) is 43.4 Å². The predicted molar refractivity (Wildman–Crippen MR) is 96.6 cm³/mol. The lowest BCUT2D eigenvalue weighted by Crippen LogP contribution is -2.33. The fourth-order valence-corrected chi connectivity index (χ4v) is 2.67. The number of ether oxygens (including phenoxy) is 1. The fraction of sp³-hybridized carbons (Fsp3) is 0.263. The van der Waals surface area contributed by atoms with Crippen molar-refractivity contribution in [1.29, 1.82) is 0 Å². The van der Waals surface area contributed by atoms with Crippen LogP contribution in [-0.2, 0) is 6.54 Å². The molecule has 0 saturated heterocycles. The van der Waals surface area contributed by atoms with E-state index in [4.69, 9.17) is 4.74 Å². The molecule has 0 amide bonds. The molecule has 1 heterocycles. The molecule has 0 spiro atoms. The molecule has 0 unspecified atom stereocenters. The minimum absolute atomic E-state index is 0.0810. The molecule has 0 aliphatic carbocycles. The number of likely N-dealkylation sites (N-methyl/N-ethyl adjacent to an activating group) is 1. The summed E-state index contributed by atoms with van der Waals surface area (Å²) in [6, 6.07) is 12.8. The highest BCUT2D eigenvalue weighted by Crippen LogP contribution is 2.11. The number of fused-ring (bicyclic) bond motifs is 1. The first-order chi connectivity index (χ1) is 12.5. The highest BCUT2D eigenvalue weighted by Gasteiger charge is 2.12. The van der Waals surface area contributed by atoms with Crippen LogP contribution in [0, 0.1) is 5.82 Å². The molecule has 2 aromatic carbocycles. The van der Waals surface area contributed by atoms with Gasteiger partial charge < -0.3 is 14.8 Å². The Morgan fingerprint density at radius 3 is 2.73 bits per heavy atom. The van der Waals surface area contributed by atoms with Gasteiger partial charge in [-0.3, -0.25) is 9.69 Å². The van der Waals surface area contributed by atoms with Crippen LogP contribution in [0.1, 0.15) is 5.82 Å². The quantitative estimate of drug-likeness (QED) is 0.676. The van der Waals surface area contributed by atoms with Crippen molar-refractivity contribution in [3.05, 3.63) is 70.5 Å². The largest absolute Gasteiger partial charge is 0.491 e. The van der Waals surface area contributed by atoms with Gasteiger partial charge in [-0.2, -0.15) is 0 Å². The van der Waals surface area contributed by atoms with E-state index in [9.17, 15) is 14.3 Å². The molecule has 3 aromatic rings. The molecule has 0 aliphatic rings. The van der Waals surface area contributed by atoms with Crippen molar-refractivity contribution in [2.75, 3.05) is 20.2 Å². The van der Waals surface area contributed by atoms with E-state index < -0.39 is 6.10 Å². The Kier molecular flexibility index (Phi) is 5.60. The first-order valence-corrected chi connectivity index (χ1v) is 8.24. The molecular weight excluding hydrogens is 337 g/mol. The van der Waals surface area contributed by atoms with Crippen LogP contribution in [0.25, 0.3) is 10.9 Å². The number of nitrogens with zero attached hydrogens (tertiary/aromatic N) is 2. The van der Waals surface area contributed by atoms with Crippen LogP contribution in [0.15, 0.2) is 53.3 Å². The predicted octanol–water partition coefficient (Wildman–Crippen LogP) is 1.93. The number of benzene rings is 2. The van der Waals surface area contributed by atoms with E-state index in [-0.39, 0.29) is 18.0 Å². The molecule has 6 nitrogen and oxygen atoms in total. The number of aromatic nitrogens is 2. The molecule has 1 atom stereocenters. The number of H-pyrrole nitrogens is 1. The lowest BCUT2D eigenvalue weighted by Gasteiger charge is -2.20. The average molecular weight is 357 g/mol. The van der Waals surface area contributed by atoms with Gasteiger partial charge in [-0.15, -0.1) is 0 Å². The second kappa shape index (κ2) is 8.07. The van der Waals surface area contributed by atoms with Crippen molar-refractivity contribution >= 4 is 10.9 Å². The van der Waals surface area contributed by atoms with Gasteiger partial charge in [-0.25, -0.2) is 9.37 Å². The molecule has 2 N–H and O–H groups in total. The summed E-state index contributed by atoms with van der Waals surface area (Å²) in [6.07, 6.45) is -0.739. The number of aliphatic hydroxyl groups excluding tert-OH is 1. The topological polar surface area (TPSA) is 78.5 Å². The average Bonchev–Trinajstić information content (AvgIpc) is 2.61. The highest BCUT2D eigenvalue weighted by molar-refractivity contribution is 5.77. The first kappa shape index (κ1) is 18.0. The van der Waals surface area contributed by atoms with Crippen LogP contribution in [0.3, 0.4) is 0 Å². The standard InChI is InChI=1S/C19H20FN3O3/c1-23(10-14(24)12-26-15-8-6-13(20)7-9-15)11-18-21-17-5-3-2-4-16(17)19(25)22-18/h2-9,14,24H,10-12H2,1H3,(H,21,22,25)/t14-/m0/s1. The molecule has 26 heavy (non-hydrogen) atoms. The molecule has 136 valence electrons. The Bertz CT molecular complexity index is 927. The molecule has 7 heteroatoms. The summed E-state index contributed by atoms with van der Waals surface area (Å²) in [4.78, 5) is 21.1. The highest BCUT2D eigenvalue weighted by atomic mass is 19.1. The van der Waals surface area contributed by atoms with Crippen molar-refractivity contribution in [3.8, 4) is 5.75 Å². The molecule has 0 aliphatic heterocycles. The van der Waals surface area contributed by atoms with Gasteiger partial charge in [0.05, 0.1) is 17.4 Å². The minimum Gasteiger partial charge on any atom is -0.491 e. The van der Waals surface area contributed by atoms with Crippen molar-refractivity contribution in [3.63, 3.8) is 0 Å². The number of nitrogens with one attached hydrogen (secondary N) is 1. The maximum Gasteiger partial charge on any atom is 0.258 e. The van der Waals surface area contributed by atoms with Gasteiger partial charge in [0.15, 0.2) is 0 Å². The number of para-hydroxylation sites is 1. The molecule has 0 bridgehead atoms. The summed E-state index contributed by atoms with van der Waals surface area (Å²) in [7, 11) is 1.82. The van der Waals surface area contributed by atoms with Crippen molar-refractivity contribution < 1.29 is 14.2 Å². The van der Waals surface area contributed by atoms with Crippen molar-refractivity contribution in [2.45, 2.75) is 12.6 Å². The maximum atomic E-state index is 12.8. The van der Waals surface area contributed by atoms with Gasteiger partial charge >= 0.3 is 0 Å². The molecule has 1 aromatic heterocycles. The zero-order valence-electron chi connectivity index (χ0n) is 14.4. The molecule has 3 rings (SSSR count). The SMILES string of the molecule is CN(Cc1nc2ccccc2c(=O)[nH]1)C[C@H](O)COc1ccc(F)cc1. The number of aromatic amines is 1. The van der Waals surface area contributed by atoms with E-state index in [0.717, 1.165) is 0 Å². The number of hydrogen-bond acceptors (Lipinski definition) is 5. The molecule has 0 fully saturated rings. The second-order valence-corrected chi connectivity index (χ2v) is 6.15. The van der Waals surface area contributed by atoms with Gasteiger partial charge in [0.2, 0.25) is 0 Å². The van der Waals surface area contributed by atoms with Gasteiger partial charge in [-0.1, -0.05) is 12.1 Å². The summed E-state index contributed by atoms with van der Waals surface area (Å²) >= 11 is 0. The third kappa shape index (κ3) is 4.65. The van der Waals surface area contributed by atoms with Crippen LogP contribution in [0.5, 0.6) is 5.75 Å². The maximum absolute atomic E-state index is 12.8. The Morgan fingerprint density at radius 1 is 1.23 bits per heavy atom. The van der Waals surface area contributed by atoms with E-state index in [2.05, 4.69) is 9.97 Å². The number of rotatable bonds is 7. The van der Waals surface area contributed by atoms with E-state index in [1.54, 1.807) is 18.2 Å². The third-order valence-electron chi connectivity index (χ3n) is 3.86. The lowest BCUT2D eigenvalue weighted by molar-refractivity contribution is 0.0737. The zero-order valence-corrected chi connectivity index (χ0v) is 14.4. The number of halogens is 1. The second-order valence-electron chi connectivity index (χ2n) is 6.15. The zero-order chi connectivity index (χ0) is 18.5. The first-order valence-electron chi connectivity index (χ1n) is 8.24.